The lowest BCUT2D eigenvalue weighted by Gasteiger charge is -2.30. The van der Waals surface area contributed by atoms with Gasteiger partial charge in [0.25, 0.3) is 0 Å². The van der Waals surface area contributed by atoms with Gasteiger partial charge in [0.1, 0.15) is 5.76 Å². The summed E-state index contributed by atoms with van der Waals surface area (Å²) in [5, 5.41) is 9.49. The number of hydrogen-bond donors (Lipinski definition) is 1. The molecule has 1 rings (SSSR count). The lowest BCUT2D eigenvalue weighted by molar-refractivity contribution is 0.270. The normalized spacial score (nSPS) is 18.7. The second kappa shape index (κ2) is 5.57. The van der Waals surface area contributed by atoms with Gasteiger partial charge in [-0.2, -0.15) is 0 Å². The standard InChI is InChI=1S/C16H26O/c1-12(2)15(11-16(3,4)5)13-7-6-8-14(17)10-9-13/h6,8-10,12,15,17H,7,11H2,1-5H3. The molecule has 0 amide bonds. The maximum atomic E-state index is 9.49. The molecule has 0 radical (unpaired) electrons. The summed E-state index contributed by atoms with van der Waals surface area (Å²) in [6.07, 6.45) is 9.92. The topological polar surface area (TPSA) is 20.2 Å². The lowest BCUT2D eigenvalue weighted by atomic mass is 9.75. The first kappa shape index (κ1) is 14.1. The van der Waals surface area contributed by atoms with E-state index in [1.54, 1.807) is 6.08 Å². The van der Waals surface area contributed by atoms with Crippen LogP contribution < -0.4 is 0 Å². The Morgan fingerprint density at radius 3 is 2.41 bits per heavy atom. The van der Waals surface area contributed by atoms with Crippen molar-refractivity contribution in [2.24, 2.45) is 17.3 Å². The largest absolute Gasteiger partial charge is 0.508 e. The fraction of sp³-hybridized carbons (Fsp3) is 0.625. The van der Waals surface area contributed by atoms with Gasteiger partial charge in [-0.05, 0) is 42.2 Å². The Bertz CT molecular complexity index is 337. The van der Waals surface area contributed by atoms with Gasteiger partial charge in [-0.1, -0.05) is 52.3 Å². The van der Waals surface area contributed by atoms with Crippen molar-refractivity contribution in [2.45, 2.75) is 47.5 Å². The quantitative estimate of drug-likeness (QED) is 0.726. The molecule has 0 aliphatic heterocycles. The molecule has 1 N–H and O–H groups in total. The molecule has 0 heterocycles. The van der Waals surface area contributed by atoms with Crippen molar-refractivity contribution >= 4 is 0 Å². The van der Waals surface area contributed by atoms with Crippen LogP contribution in [0.5, 0.6) is 0 Å². The predicted molar refractivity (Wildman–Crippen MR) is 75.0 cm³/mol. The zero-order valence-corrected chi connectivity index (χ0v) is 11.8. The van der Waals surface area contributed by atoms with Gasteiger partial charge in [-0.25, -0.2) is 0 Å². The molecule has 1 unspecified atom stereocenters. The van der Waals surface area contributed by atoms with Crippen molar-refractivity contribution < 1.29 is 5.11 Å². The average Bonchev–Trinajstić information content (AvgIpc) is 2.38. The summed E-state index contributed by atoms with van der Waals surface area (Å²) in [6.45, 7) is 11.5. The van der Waals surface area contributed by atoms with Crippen molar-refractivity contribution in [3.05, 3.63) is 35.6 Å². The van der Waals surface area contributed by atoms with Gasteiger partial charge in [-0.15, -0.1) is 0 Å². The van der Waals surface area contributed by atoms with Gasteiger partial charge in [0, 0.05) is 0 Å². The molecule has 0 fully saturated rings. The van der Waals surface area contributed by atoms with Gasteiger partial charge in [0.05, 0.1) is 0 Å². The number of aliphatic hydroxyl groups is 1. The highest BCUT2D eigenvalue weighted by Gasteiger charge is 2.24. The summed E-state index contributed by atoms with van der Waals surface area (Å²) < 4.78 is 0. The highest BCUT2D eigenvalue weighted by molar-refractivity contribution is 5.28. The Morgan fingerprint density at radius 2 is 1.88 bits per heavy atom. The van der Waals surface area contributed by atoms with Gasteiger partial charge in [0.2, 0.25) is 0 Å². The van der Waals surface area contributed by atoms with Crippen LogP contribution in [0, 0.1) is 17.3 Å². The minimum absolute atomic E-state index is 0.345. The van der Waals surface area contributed by atoms with Crippen LogP contribution in [0.2, 0.25) is 0 Å². The Morgan fingerprint density at radius 1 is 1.24 bits per heavy atom. The van der Waals surface area contributed by atoms with Crippen molar-refractivity contribution in [1.82, 2.24) is 0 Å². The summed E-state index contributed by atoms with van der Waals surface area (Å²) in [4.78, 5) is 0. The fourth-order valence-corrected chi connectivity index (χ4v) is 2.36. The van der Waals surface area contributed by atoms with Gasteiger partial charge in [0.15, 0.2) is 0 Å². The van der Waals surface area contributed by atoms with Gasteiger partial charge in [-0.3, -0.25) is 0 Å². The number of aliphatic hydroxyl groups excluding tert-OH is 1. The molecular weight excluding hydrogens is 208 g/mol. The van der Waals surface area contributed by atoms with Crippen LogP contribution in [0.3, 0.4) is 0 Å². The summed E-state index contributed by atoms with van der Waals surface area (Å²) in [6, 6.07) is 0. The van der Waals surface area contributed by atoms with Crippen molar-refractivity contribution in [2.75, 3.05) is 0 Å². The molecule has 0 spiro atoms. The molecule has 0 bridgehead atoms. The molecule has 96 valence electrons. The van der Waals surface area contributed by atoms with E-state index in [2.05, 4.69) is 46.8 Å². The van der Waals surface area contributed by atoms with E-state index in [-0.39, 0.29) is 0 Å². The molecule has 1 atom stereocenters. The molecule has 0 saturated heterocycles. The second-order valence-corrected chi connectivity index (χ2v) is 6.55. The molecule has 1 aliphatic rings. The third-order valence-electron chi connectivity index (χ3n) is 3.22. The predicted octanol–water partition coefficient (Wildman–Crippen LogP) is 5.02. The van der Waals surface area contributed by atoms with E-state index in [4.69, 9.17) is 0 Å². The fourth-order valence-electron chi connectivity index (χ4n) is 2.36. The Hall–Kier alpha value is -0.980. The number of hydrogen-bond acceptors (Lipinski definition) is 1. The van der Waals surface area contributed by atoms with Crippen LogP contribution in [0.1, 0.15) is 47.5 Å². The third-order valence-corrected chi connectivity index (χ3v) is 3.22. The van der Waals surface area contributed by atoms with Crippen LogP contribution in [0.4, 0.5) is 0 Å². The first-order chi connectivity index (χ1) is 7.79. The van der Waals surface area contributed by atoms with Crippen LogP contribution >= 0.6 is 0 Å². The first-order valence-electron chi connectivity index (χ1n) is 6.56. The number of allylic oxidation sites excluding steroid dienone is 5. The summed E-state index contributed by atoms with van der Waals surface area (Å²) >= 11 is 0. The van der Waals surface area contributed by atoms with Crippen LogP contribution in [0.15, 0.2) is 35.6 Å². The van der Waals surface area contributed by atoms with Gasteiger partial charge < -0.3 is 5.11 Å². The Balaban J connectivity index is 2.89. The Kier molecular flexibility index (Phi) is 4.62. The molecule has 1 heteroatoms. The molecule has 1 nitrogen and oxygen atoms in total. The smallest absolute Gasteiger partial charge is 0.115 e. The van der Waals surface area contributed by atoms with Crippen molar-refractivity contribution in [1.29, 1.82) is 0 Å². The highest BCUT2D eigenvalue weighted by Crippen LogP contribution is 2.35. The van der Waals surface area contributed by atoms with E-state index in [0.29, 0.717) is 23.0 Å². The summed E-state index contributed by atoms with van der Waals surface area (Å²) in [7, 11) is 0. The molecule has 0 aromatic heterocycles. The van der Waals surface area contributed by atoms with Crippen LogP contribution in [0.25, 0.3) is 0 Å². The van der Waals surface area contributed by atoms with E-state index in [0.717, 1.165) is 6.42 Å². The summed E-state index contributed by atoms with van der Waals surface area (Å²) in [5.41, 5.74) is 1.78. The maximum absolute atomic E-state index is 9.49. The summed E-state index contributed by atoms with van der Waals surface area (Å²) in [5.74, 6) is 1.60. The third kappa shape index (κ3) is 4.80. The number of rotatable bonds is 3. The van der Waals surface area contributed by atoms with E-state index < -0.39 is 0 Å². The Labute approximate surface area is 106 Å². The van der Waals surface area contributed by atoms with E-state index in [1.165, 1.54) is 12.0 Å². The molecule has 0 aromatic carbocycles. The van der Waals surface area contributed by atoms with Crippen molar-refractivity contribution in [3.63, 3.8) is 0 Å². The minimum atomic E-state index is 0.345. The zero-order valence-electron chi connectivity index (χ0n) is 11.8. The average molecular weight is 234 g/mol. The minimum Gasteiger partial charge on any atom is -0.508 e. The highest BCUT2D eigenvalue weighted by atomic mass is 16.3. The first-order valence-corrected chi connectivity index (χ1v) is 6.56. The van der Waals surface area contributed by atoms with Crippen molar-refractivity contribution in [3.8, 4) is 0 Å². The molecule has 0 aromatic rings. The molecule has 0 saturated carbocycles. The van der Waals surface area contributed by atoms with E-state index in [1.807, 2.05) is 6.08 Å². The van der Waals surface area contributed by atoms with E-state index >= 15 is 0 Å². The molecular formula is C16H26O. The van der Waals surface area contributed by atoms with Crippen LogP contribution in [-0.4, -0.2) is 5.11 Å². The van der Waals surface area contributed by atoms with Gasteiger partial charge >= 0.3 is 0 Å². The zero-order chi connectivity index (χ0) is 13.1. The maximum Gasteiger partial charge on any atom is 0.115 e. The van der Waals surface area contributed by atoms with E-state index in [9.17, 15) is 5.11 Å². The monoisotopic (exact) mass is 234 g/mol. The lowest BCUT2D eigenvalue weighted by Crippen LogP contribution is -2.19. The SMILES string of the molecule is CC(C)C(CC(C)(C)C)C1=CC=C(O)C=CC1. The van der Waals surface area contributed by atoms with Crippen LogP contribution in [-0.2, 0) is 0 Å². The molecule has 1 aliphatic carbocycles. The second-order valence-electron chi connectivity index (χ2n) is 6.55. The molecule has 17 heavy (non-hydrogen) atoms.